The molecule has 0 saturated carbocycles. The highest BCUT2D eigenvalue weighted by Crippen LogP contribution is 2.32. The van der Waals surface area contributed by atoms with Crippen LogP contribution in [0.3, 0.4) is 0 Å². The molecule has 3 rings (SSSR count). The standard InChI is InChI=1S/C19H14ClF2N5O.C5H12/c20-12-6-8-17(25-10-12)26-19(28)13-3-1-2-4-15(13)27(22)16-7-5-11(18(23)24)9-14(16)21;1-3-5-4-2/h1-10H,(H3,23,24)(H,25,26,28);3-5H2,1-2H3. The number of unbranched alkanes of at least 4 members (excludes halogenated alkanes) is 2. The maximum absolute atomic E-state index is 15.0. The van der Waals surface area contributed by atoms with Crippen LogP contribution in [0.5, 0.6) is 0 Å². The number of pyridine rings is 1. The SMILES string of the molecule is CCCCC.N=C(N)c1ccc(N(F)c2ccccc2C(=O)Nc2ccc(Cl)cn2)c(F)c1. The predicted octanol–water partition coefficient (Wildman–Crippen LogP) is 6.63. The maximum Gasteiger partial charge on any atom is 0.259 e. The van der Waals surface area contributed by atoms with Gasteiger partial charge in [0.05, 0.1) is 16.3 Å². The monoisotopic (exact) mass is 473 g/mol. The zero-order valence-corrected chi connectivity index (χ0v) is 19.2. The van der Waals surface area contributed by atoms with Gasteiger partial charge in [-0.1, -0.05) is 61.3 Å². The molecular formula is C24H26ClF2N5O. The Labute approximate surface area is 196 Å². The third-order valence-electron chi connectivity index (χ3n) is 4.51. The van der Waals surface area contributed by atoms with Crippen molar-refractivity contribution in [3.63, 3.8) is 0 Å². The van der Waals surface area contributed by atoms with Gasteiger partial charge < -0.3 is 11.1 Å². The molecule has 0 aliphatic rings. The summed E-state index contributed by atoms with van der Waals surface area (Å²) in [4.78, 5) is 16.5. The number of carbonyl (C=O) groups excluding carboxylic acids is 1. The second-order valence-electron chi connectivity index (χ2n) is 7.05. The fraction of sp³-hybridized carbons (Fsp3) is 0.208. The van der Waals surface area contributed by atoms with E-state index in [4.69, 9.17) is 22.7 Å². The molecule has 1 amide bonds. The average Bonchev–Trinajstić information content (AvgIpc) is 2.81. The van der Waals surface area contributed by atoms with Gasteiger partial charge in [-0.2, -0.15) is 5.12 Å². The summed E-state index contributed by atoms with van der Waals surface area (Å²) in [7, 11) is 0. The van der Waals surface area contributed by atoms with E-state index >= 15 is 0 Å². The number of nitrogens with one attached hydrogen (secondary N) is 2. The first-order valence-corrected chi connectivity index (χ1v) is 10.8. The number of para-hydroxylation sites is 1. The van der Waals surface area contributed by atoms with E-state index in [1.54, 1.807) is 12.1 Å². The molecule has 0 spiro atoms. The van der Waals surface area contributed by atoms with Gasteiger partial charge in [0.15, 0.2) is 0 Å². The van der Waals surface area contributed by atoms with Crippen molar-refractivity contribution in [2.24, 2.45) is 5.73 Å². The van der Waals surface area contributed by atoms with E-state index in [0.717, 1.165) is 12.1 Å². The number of rotatable bonds is 7. The Morgan fingerprint density at radius 1 is 1.12 bits per heavy atom. The van der Waals surface area contributed by atoms with Crippen LogP contribution in [-0.4, -0.2) is 16.7 Å². The van der Waals surface area contributed by atoms with Crippen molar-refractivity contribution in [3.8, 4) is 0 Å². The number of nitrogen functional groups attached to an aromatic ring is 1. The van der Waals surface area contributed by atoms with Gasteiger partial charge in [-0.25, -0.2) is 9.37 Å². The van der Waals surface area contributed by atoms with Gasteiger partial charge >= 0.3 is 0 Å². The molecule has 0 aliphatic heterocycles. The van der Waals surface area contributed by atoms with Crippen LogP contribution in [0, 0.1) is 11.2 Å². The van der Waals surface area contributed by atoms with Gasteiger partial charge in [0.2, 0.25) is 0 Å². The number of amidine groups is 1. The molecule has 33 heavy (non-hydrogen) atoms. The first-order valence-electron chi connectivity index (χ1n) is 10.4. The van der Waals surface area contributed by atoms with E-state index in [2.05, 4.69) is 24.1 Å². The molecule has 1 heterocycles. The Kier molecular flexibility index (Phi) is 9.75. The predicted molar refractivity (Wildman–Crippen MR) is 130 cm³/mol. The third kappa shape index (κ3) is 7.25. The van der Waals surface area contributed by atoms with Crippen molar-refractivity contribution in [3.05, 3.63) is 82.8 Å². The lowest BCUT2D eigenvalue weighted by molar-refractivity contribution is 0.102. The van der Waals surface area contributed by atoms with Crippen molar-refractivity contribution in [1.29, 1.82) is 5.41 Å². The minimum Gasteiger partial charge on any atom is -0.384 e. The summed E-state index contributed by atoms with van der Waals surface area (Å²) in [6.45, 7) is 4.42. The van der Waals surface area contributed by atoms with E-state index in [1.165, 1.54) is 55.8 Å². The summed E-state index contributed by atoms with van der Waals surface area (Å²) in [5, 5.41) is 10.3. The summed E-state index contributed by atoms with van der Waals surface area (Å²) >= 11 is 5.76. The topological polar surface area (TPSA) is 95.1 Å². The minimum absolute atomic E-state index is 0.0307. The highest BCUT2D eigenvalue weighted by Gasteiger charge is 2.21. The average molecular weight is 474 g/mol. The van der Waals surface area contributed by atoms with Gasteiger partial charge in [0.1, 0.15) is 23.2 Å². The molecule has 0 saturated heterocycles. The number of hydrogen-bond acceptors (Lipinski definition) is 4. The largest absolute Gasteiger partial charge is 0.384 e. The smallest absolute Gasteiger partial charge is 0.259 e. The molecule has 9 heteroatoms. The highest BCUT2D eigenvalue weighted by molar-refractivity contribution is 6.30. The number of anilines is 3. The number of aromatic nitrogens is 1. The minimum atomic E-state index is -0.926. The molecule has 0 radical (unpaired) electrons. The van der Waals surface area contributed by atoms with Gasteiger partial charge in [-0.05, 0) is 42.5 Å². The van der Waals surface area contributed by atoms with E-state index in [1.807, 2.05) is 0 Å². The van der Waals surface area contributed by atoms with Crippen molar-refractivity contribution in [2.75, 3.05) is 10.4 Å². The Balaban J connectivity index is 0.000000696. The van der Waals surface area contributed by atoms with Crippen molar-refractivity contribution in [1.82, 2.24) is 4.98 Å². The molecule has 0 fully saturated rings. The van der Waals surface area contributed by atoms with E-state index in [0.29, 0.717) is 5.02 Å². The summed E-state index contributed by atoms with van der Waals surface area (Å²) in [6.07, 6.45) is 5.43. The molecule has 0 aliphatic carbocycles. The number of hydrogen-bond donors (Lipinski definition) is 3. The number of carbonyl (C=O) groups is 1. The highest BCUT2D eigenvalue weighted by atomic mass is 35.5. The first-order chi connectivity index (χ1) is 15.8. The lowest BCUT2D eigenvalue weighted by Crippen LogP contribution is -2.18. The summed E-state index contributed by atoms with van der Waals surface area (Å²) < 4.78 is 29.3. The number of nitrogens with two attached hydrogens (primary N) is 1. The van der Waals surface area contributed by atoms with Crippen LogP contribution in [-0.2, 0) is 0 Å². The fourth-order valence-corrected chi connectivity index (χ4v) is 2.90. The van der Waals surface area contributed by atoms with Gasteiger partial charge in [0, 0.05) is 11.8 Å². The zero-order valence-electron chi connectivity index (χ0n) is 18.4. The van der Waals surface area contributed by atoms with Crippen molar-refractivity contribution >= 4 is 40.5 Å². The first kappa shape index (κ1) is 25.7. The van der Waals surface area contributed by atoms with Crippen LogP contribution >= 0.6 is 11.6 Å². The van der Waals surface area contributed by atoms with Crippen LogP contribution in [0.2, 0.25) is 5.02 Å². The van der Waals surface area contributed by atoms with Crippen LogP contribution in [0.15, 0.2) is 60.8 Å². The molecule has 0 bridgehead atoms. The van der Waals surface area contributed by atoms with Gasteiger partial charge in [0.25, 0.3) is 5.91 Å². The Hall–Kier alpha value is -3.52. The number of nitrogens with zero attached hydrogens (tertiary/aromatic N) is 2. The van der Waals surface area contributed by atoms with Crippen LogP contribution in [0.25, 0.3) is 0 Å². The molecule has 3 aromatic rings. The van der Waals surface area contributed by atoms with E-state index in [9.17, 15) is 13.7 Å². The quantitative estimate of drug-likeness (QED) is 0.204. The molecule has 2 aromatic carbocycles. The second kappa shape index (κ2) is 12.5. The molecule has 1 aromatic heterocycles. The Morgan fingerprint density at radius 2 is 1.82 bits per heavy atom. The molecule has 4 N–H and O–H groups in total. The number of benzene rings is 2. The lowest BCUT2D eigenvalue weighted by atomic mass is 10.1. The maximum atomic E-state index is 15.0. The van der Waals surface area contributed by atoms with Gasteiger partial charge in [-0.15, -0.1) is 0 Å². The lowest BCUT2D eigenvalue weighted by Gasteiger charge is -2.18. The molecule has 174 valence electrons. The van der Waals surface area contributed by atoms with E-state index < -0.39 is 17.4 Å². The molecule has 0 unspecified atom stereocenters. The number of amides is 1. The van der Waals surface area contributed by atoms with Crippen molar-refractivity contribution < 1.29 is 13.7 Å². The van der Waals surface area contributed by atoms with Crippen LogP contribution in [0.4, 0.5) is 26.1 Å². The van der Waals surface area contributed by atoms with Crippen molar-refractivity contribution in [2.45, 2.75) is 33.1 Å². The molecule has 6 nitrogen and oxygen atoms in total. The summed E-state index contributed by atoms with van der Waals surface area (Å²) in [6, 6.07) is 12.2. The normalized spacial score (nSPS) is 10.1. The van der Waals surface area contributed by atoms with Crippen LogP contribution in [0.1, 0.15) is 49.0 Å². The third-order valence-corrected chi connectivity index (χ3v) is 4.73. The zero-order chi connectivity index (χ0) is 24.4. The Morgan fingerprint density at radius 3 is 2.36 bits per heavy atom. The fourth-order valence-electron chi connectivity index (χ4n) is 2.79. The Bertz CT molecular complexity index is 1090. The van der Waals surface area contributed by atoms with Gasteiger partial charge in [-0.3, -0.25) is 10.2 Å². The van der Waals surface area contributed by atoms with Crippen LogP contribution < -0.4 is 16.2 Å². The molecular weight excluding hydrogens is 448 g/mol. The second-order valence-corrected chi connectivity index (χ2v) is 7.48. The summed E-state index contributed by atoms with van der Waals surface area (Å²) in [5.74, 6) is -1.67. The molecule has 0 atom stereocenters. The van der Waals surface area contributed by atoms with E-state index in [-0.39, 0.29) is 33.6 Å². The summed E-state index contributed by atoms with van der Waals surface area (Å²) in [5.41, 5.74) is 4.81. The number of halogens is 3.